The quantitative estimate of drug-likeness (QED) is 0.908. The van der Waals surface area contributed by atoms with Crippen LogP contribution in [-0.2, 0) is 9.59 Å². The summed E-state index contributed by atoms with van der Waals surface area (Å²) in [6, 6.07) is 7.53. The molecule has 1 N–H and O–H groups in total. The van der Waals surface area contributed by atoms with Gasteiger partial charge in [-0.25, -0.2) is 0 Å². The Bertz CT molecular complexity index is 510. The Morgan fingerprint density at radius 3 is 2.95 bits per heavy atom. The number of carbonyl (C=O) groups excluding carboxylic acids is 2. The molecule has 1 fully saturated rings. The molecule has 1 aliphatic rings. The fraction of sp³-hybridized carbons (Fsp3) is 0.429. The lowest BCUT2D eigenvalue weighted by molar-refractivity contribution is -0.129. The lowest BCUT2D eigenvalue weighted by Gasteiger charge is -2.24. The minimum absolute atomic E-state index is 0.0323. The summed E-state index contributed by atoms with van der Waals surface area (Å²) in [7, 11) is 0. The molecule has 0 radical (unpaired) electrons. The van der Waals surface area contributed by atoms with Gasteiger partial charge in [0.15, 0.2) is 0 Å². The molecule has 1 saturated heterocycles. The first-order valence-electron chi connectivity index (χ1n) is 6.55. The Morgan fingerprint density at radius 1 is 1.50 bits per heavy atom. The van der Waals surface area contributed by atoms with Gasteiger partial charge in [-0.1, -0.05) is 29.8 Å². The largest absolute Gasteiger partial charge is 0.356 e. The van der Waals surface area contributed by atoms with Gasteiger partial charge < -0.3 is 10.2 Å². The van der Waals surface area contributed by atoms with Crippen LogP contribution in [0.1, 0.15) is 24.3 Å². The SMILES string of the molecule is CCNC(=O)CCN1C(=O)CS[C@@H]1c1ccccc1Cl. The second-order valence-corrected chi connectivity index (χ2v) is 5.95. The van der Waals surface area contributed by atoms with Crippen molar-refractivity contribution in [2.24, 2.45) is 0 Å². The number of halogens is 1. The maximum absolute atomic E-state index is 12.0. The number of amides is 2. The molecule has 0 aliphatic carbocycles. The first-order chi connectivity index (χ1) is 9.63. The Balaban J connectivity index is 2.07. The maximum Gasteiger partial charge on any atom is 0.233 e. The summed E-state index contributed by atoms with van der Waals surface area (Å²) in [5, 5.41) is 3.30. The molecule has 0 aromatic heterocycles. The molecular formula is C14H17ClN2O2S. The van der Waals surface area contributed by atoms with Crippen LogP contribution in [0.5, 0.6) is 0 Å². The van der Waals surface area contributed by atoms with Crippen molar-refractivity contribution in [1.82, 2.24) is 10.2 Å². The summed E-state index contributed by atoms with van der Waals surface area (Å²) < 4.78 is 0. The third-order valence-electron chi connectivity index (χ3n) is 3.09. The van der Waals surface area contributed by atoms with Gasteiger partial charge in [0.2, 0.25) is 11.8 Å². The number of nitrogens with zero attached hydrogens (tertiary/aromatic N) is 1. The molecule has 1 aromatic rings. The van der Waals surface area contributed by atoms with E-state index in [1.807, 2.05) is 31.2 Å². The van der Waals surface area contributed by atoms with Crippen molar-refractivity contribution in [3.63, 3.8) is 0 Å². The molecular weight excluding hydrogens is 296 g/mol. The molecule has 1 atom stereocenters. The van der Waals surface area contributed by atoms with E-state index in [1.165, 1.54) is 0 Å². The second-order valence-electron chi connectivity index (χ2n) is 4.48. The molecule has 2 rings (SSSR count). The van der Waals surface area contributed by atoms with Crippen LogP contribution in [0.2, 0.25) is 5.02 Å². The fourth-order valence-corrected chi connectivity index (χ4v) is 3.69. The number of thioether (sulfide) groups is 1. The molecule has 0 unspecified atom stereocenters. The van der Waals surface area contributed by atoms with Crippen molar-refractivity contribution in [2.45, 2.75) is 18.7 Å². The van der Waals surface area contributed by atoms with Crippen LogP contribution in [0, 0.1) is 0 Å². The molecule has 1 heterocycles. The highest BCUT2D eigenvalue weighted by molar-refractivity contribution is 8.00. The standard InChI is InChI=1S/C14H17ClN2O2S/c1-2-16-12(18)7-8-17-13(19)9-20-14(17)10-5-3-4-6-11(10)15/h3-6,14H,2,7-9H2,1H3,(H,16,18)/t14-/m1/s1. The number of rotatable bonds is 5. The van der Waals surface area contributed by atoms with Crippen molar-refractivity contribution in [3.05, 3.63) is 34.9 Å². The summed E-state index contributed by atoms with van der Waals surface area (Å²) in [6.07, 6.45) is 0.321. The molecule has 2 amide bonds. The predicted octanol–water partition coefficient (Wildman–Crippen LogP) is 2.44. The summed E-state index contributed by atoms with van der Waals surface area (Å²) >= 11 is 7.75. The minimum Gasteiger partial charge on any atom is -0.356 e. The molecule has 4 nitrogen and oxygen atoms in total. The highest BCUT2D eigenvalue weighted by atomic mass is 35.5. The topological polar surface area (TPSA) is 49.4 Å². The highest BCUT2D eigenvalue weighted by Gasteiger charge is 2.33. The van der Waals surface area contributed by atoms with Crippen LogP contribution < -0.4 is 5.32 Å². The summed E-state index contributed by atoms with van der Waals surface area (Å²) in [5.74, 6) is 0.463. The van der Waals surface area contributed by atoms with Crippen LogP contribution >= 0.6 is 23.4 Å². The van der Waals surface area contributed by atoms with Crippen molar-refractivity contribution >= 4 is 35.2 Å². The Kier molecular flexibility index (Phi) is 5.31. The van der Waals surface area contributed by atoms with Gasteiger partial charge in [0, 0.05) is 30.1 Å². The molecule has 6 heteroatoms. The summed E-state index contributed by atoms with van der Waals surface area (Å²) in [5.41, 5.74) is 0.931. The third-order valence-corrected chi connectivity index (χ3v) is 4.68. The maximum atomic E-state index is 12.0. The Morgan fingerprint density at radius 2 is 2.25 bits per heavy atom. The van der Waals surface area contributed by atoms with Crippen LogP contribution in [0.15, 0.2) is 24.3 Å². The van der Waals surface area contributed by atoms with E-state index >= 15 is 0 Å². The molecule has 0 spiro atoms. The van der Waals surface area contributed by atoms with E-state index in [1.54, 1.807) is 16.7 Å². The molecule has 20 heavy (non-hydrogen) atoms. The number of hydrogen-bond acceptors (Lipinski definition) is 3. The van der Waals surface area contributed by atoms with Gasteiger partial charge in [0.05, 0.1) is 5.75 Å². The highest BCUT2D eigenvalue weighted by Crippen LogP contribution is 2.41. The van der Waals surface area contributed by atoms with Gasteiger partial charge in [0.25, 0.3) is 0 Å². The van der Waals surface area contributed by atoms with Gasteiger partial charge in [-0.3, -0.25) is 9.59 Å². The zero-order valence-corrected chi connectivity index (χ0v) is 12.8. The number of nitrogens with one attached hydrogen (secondary N) is 1. The van der Waals surface area contributed by atoms with Crippen LogP contribution in [-0.4, -0.2) is 35.6 Å². The Labute approximate surface area is 127 Å². The Hall–Kier alpha value is -1.20. The van der Waals surface area contributed by atoms with E-state index < -0.39 is 0 Å². The van der Waals surface area contributed by atoms with Gasteiger partial charge in [-0.2, -0.15) is 0 Å². The van der Waals surface area contributed by atoms with E-state index in [2.05, 4.69) is 5.32 Å². The van der Waals surface area contributed by atoms with E-state index in [0.717, 1.165) is 5.56 Å². The average molecular weight is 313 g/mol. The molecule has 108 valence electrons. The fourth-order valence-electron chi connectivity index (χ4n) is 2.14. The van der Waals surface area contributed by atoms with E-state index in [4.69, 9.17) is 11.6 Å². The molecule has 0 saturated carbocycles. The normalized spacial score (nSPS) is 18.4. The second kappa shape index (κ2) is 6.99. The zero-order chi connectivity index (χ0) is 14.5. The zero-order valence-electron chi connectivity index (χ0n) is 11.3. The lowest BCUT2D eigenvalue weighted by Crippen LogP contribution is -2.33. The van der Waals surface area contributed by atoms with Gasteiger partial charge >= 0.3 is 0 Å². The van der Waals surface area contributed by atoms with Crippen LogP contribution in [0.25, 0.3) is 0 Å². The average Bonchev–Trinajstić information content (AvgIpc) is 2.78. The van der Waals surface area contributed by atoms with Crippen molar-refractivity contribution in [1.29, 1.82) is 0 Å². The van der Waals surface area contributed by atoms with Crippen LogP contribution in [0.3, 0.4) is 0 Å². The van der Waals surface area contributed by atoms with Crippen molar-refractivity contribution in [2.75, 3.05) is 18.8 Å². The predicted molar refractivity (Wildman–Crippen MR) is 81.7 cm³/mol. The molecule has 0 bridgehead atoms. The van der Waals surface area contributed by atoms with Crippen molar-refractivity contribution in [3.8, 4) is 0 Å². The number of benzene rings is 1. The lowest BCUT2D eigenvalue weighted by atomic mass is 10.2. The smallest absolute Gasteiger partial charge is 0.233 e. The van der Waals surface area contributed by atoms with E-state index in [9.17, 15) is 9.59 Å². The molecule has 1 aliphatic heterocycles. The minimum atomic E-state index is -0.0920. The van der Waals surface area contributed by atoms with Gasteiger partial charge in [0.1, 0.15) is 5.37 Å². The van der Waals surface area contributed by atoms with Gasteiger partial charge in [-0.15, -0.1) is 11.8 Å². The van der Waals surface area contributed by atoms with Gasteiger partial charge in [-0.05, 0) is 13.0 Å². The monoisotopic (exact) mass is 312 g/mol. The number of carbonyl (C=O) groups is 2. The first kappa shape index (κ1) is 15.2. The van der Waals surface area contributed by atoms with E-state index in [-0.39, 0.29) is 17.2 Å². The molecule has 1 aromatic carbocycles. The summed E-state index contributed by atoms with van der Waals surface area (Å²) in [6.45, 7) is 2.91. The first-order valence-corrected chi connectivity index (χ1v) is 7.98. The summed E-state index contributed by atoms with van der Waals surface area (Å²) in [4.78, 5) is 25.2. The van der Waals surface area contributed by atoms with E-state index in [0.29, 0.717) is 30.3 Å². The number of hydrogen-bond donors (Lipinski definition) is 1. The third kappa shape index (κ3) is 3.46. The van der Waals surface area contributed by atoms with Crippen molar-refractivity contribution < 1.29 is 9.59 Å². The van der Waals surface area contributed by atoms with Crippen LogP contribution in [0.4, 0.5) is 0 Å².